The van der Waals surface area contributed by atoms with Crippen molar-refractivity contribution in [3.05, 3.63) is 70.2 Å². The molecule has 1 aromatic heterocycles. The Morgan fingerprint density at radius 2 is 1.56 bits per heavy atom. The first kappa shape index (κ1) is 30.7. The Bertz CT molecular complexity index is 1130. The maximum absolute atomic E-state index is 13.0. The van der Waals surface area contributed by atoms with Crippen LogP contribution in [0.25, 0.3) is 0 Å². The minimum Gasteiger partial charge on any atom is -0.493 e. The van der Waals surface area contributed by atoms with Crippen LogP contribution in [0.5, 0.6) is 11.5 Å². The molecule has 3 rings (SSSR count). The number of unbranched alkanes of at least 4 members (excludes halogenated alkanes) is 11. The van der Waals surface area contributed by atoms with Crippen LogP contribution in [0.1, 0.15) is 105 Å². The lowest BCUT2D eigenvalue weighted by Crippen LogP contribution is -2.30. The van der Waals surface area contributed by atoms with Gasteiger partial charge in [-0.25, -0.2) is 0 Å². The molecule has 1 heterocycles. The molecular formula is C33H47N2O3S+. The maximum Gasteiger partial charge on any atom is 0.255 e. The Hall–Kier alpha value is -2.86. The van der Waals surface area contributed by atoms with Gasteiger partial charge in [0.15, 0.2) is 24.2 Å². The van der Waals surface area contributed by atoms with E-state index in [9.17, 15) is 4.79 Å². The molecule has 0 atom stereocenters. The quantitative estimate of drug-likeness (QED) is 0.120. The summed E-state index contributed by atoms with van der Waals surface area (Å²) >= 11 is 1.73. The maximum atomic E-state index is 13.0. The van der Waals surface area contributed by atoms with E-state index in [-0.39, 0.29) is 5.91 Å². The molecule has 0 saturated carbocycles. The Balaban J connectivity index is 1.40. The van der Waals surface area contributed by atoms with Gasteiger partial charge in [-0.3, -0.25) is 4.79 Å². The van der Waals surface area contributed by atoms with Crippen LogP contribution in [0.2, 0.25) is 0 Å². The summed E-state index contributed by atoms with van der Waals surface area (Å²) in [6.07, 6.45) is 17.9. The van der Waals surface area contributed by atoms with Crippen molar-refractivity contribution in [1.29, 1.82) is 0 Å². The van der Waals surface area contributed by atoms with Crippen molar-refractivity contribution in [3.63, 3.8) is 0 Å². The Morgan fingerprint density at radius 3 is 2.21 bits per heavy atom. The molecule has 0 bridgehead atoms. The van der Waals surface area contributed by atoms with Gasteiger partial charge >= 0.3 is 0 Å². The molecular weight excluding hydrogens is 504 g/mol. The fourth-order valence-corrected chi connectivity index (χ4v) is 5.38. The number of carbonyl (C=O) groups is 1. The second-order valence-electron chi connectivity index (χ2n) is 10.4. The molecule has 6 heteroatoms. The average Bonchev–Trinajstić information content (AvgIpc) is 3.35. The zero-order valence-corrected chi connectivity index (χ0v) is 25.0. The highest BCUT2D eigenvalue weighted by molar-refractivity contribution is 7.09. The lowest BCUT2D eigenvalue weighted by molar-refractivity contribution is -0.683. The number of ether oxygens (including phenoxy) is 2. The average molecular weight is 552 g/mol. The topological polar surface area (TPSA) is 51.4 Å². The number of aryl methyl sites for hydroxylation is 1. The van der Waals surface area contributed by atoms with Crippen molar-refractivity contribution in [2.45, 2.75) is 97.4 Å². The molecule has 2 aromatic carbocycles. The third-order valence-electron chi connectivity index (χ3n) is 6.95. The second-order valence-corrected chi connectivity index (χ2v) is 11.5. The van der Waals surface area contributed by atoms with Crippen molar-refractivity contribution in [3.8, 4) is 11.5 Å². The van der Waals surface area contributed by atoms with Gasteiger partial charge in [0.2, 0.25) is 5.51 Å². The monoisotopic (exact) mass is 551 g/mol. The number of rotatable bonds is 19. The van der Waals surface area contributed by atoms with Crippen LogP contribution in [-0.4, -0.2) is 19.6 Å². The van der Waals surface area contributed by atoms with Crippen molar-refractivity contribution in [1.82, 2.24) is 0 Å². The van der Waals surface area contributed by atoms with Gasteiger partial charge in [-0.05, 0) is 43.7 Å². The van der Waals surface area contributed by atoms with E-state index in [4.69, 9.17) is 9.47 Å². The molecule has 0 radical (unpaired) electrons. The van der Waals surface area contributed by atoms with Gasteiger partial charge in [0, 0.05) is 16.8 Å². The minimum absolute atomic E-state index is 0.163. The number of carbonyl (C=O) groups excluding carboxylic acids is 1. The third kappa shape index (κ3) is 11.4. The van der Waals surface area contributed by atoms with Crippen LogP contribution in [0.4, 0.5) is 5.69 Å². The summed E-state index contributed by atoms with van der Waals surface area (Å²) in [4.78, 5) is 14.3. The highest BCUT2D eigenvalue weighted by atomic mass is 32.1. The lowest BCUT2D eigenvalue weighted by atomic mass is 10.1. The SMILES string of the molecule is CCCCCCCCCCCCCCOc1cc(C(=O)Nc2cccc(C[n+]3csc(C)c3)c2)ccc1OC. The van der Waals surface area contributed by atoms with Crippen LogP contribution < -0.4 is 19.4 Å². The minimum atomic E-state index is -0.163. The van der Waals surface area contributed by atoms with Crippen molar-refractivity contribution < 1.29 is 18.8 Å². The molecule has 3 aromatic rings. The summed E-state index contributed by atoms with van der Waals surface area (Å²) in [5, 5.41) is 3.03. The summed E-state index contributed by atoms with van der Waals surface area (Å²) < 4.78 is 13.7. The van der Waals surface area contributed by atoms with Gasteiger partial charge in [-0.1, -0.05) is 101 Å². The number of hydrogen-bond acceptors (Lipinski definition) is 4. The Labute approximate surface area is 239 Å². The highest BCUT2D eigenvalue weighted by Crippen LogP contribution is 2.29. The van der Waals surface area contributed by atoms with E-state index in [0.29, 0.717) is 23.7 Å². The number of aromatic nitrogens is 1. The van der Waals surface area contributed by atoms with Gasteiger partial charge < -0.3 is 14.8 Å². The number of nitrogens with one attached hydrogen (secondary N) is 1. The molecule has 0 unspecified atom stereocenters. The van der Waals surface area contributed by atoms with Crippen LogP contribution in [0.3, 0.4) is 0 Å². The summed E-state index contributed by atoms with van der Waals surface area (Å²) in [7, 11) is 1.63. The van der Waals surface area contributed by atoms with Gasteiger partial charge in [0.05, 0.1) is 18.6 Å². The predicted molar refractivity (Wildman–Crippen MR) is 162 cm³/mol. The zero-order chi connectivity index (χ0) is 27.7. The van der Waals surface area contributed by atoms with E-state index < -0.39 is 0 Å². The number of amides is 1. The molecule has 0 aliphatic carbocycles. The number of hydrogen-bond donors (Lipinski definition) is 1. The fraction of sp³-hybridized carbons (Fsp3) is 0.515. The van der Waals surface area contributed by atoms with Crippen LogP contribution in [-0.2, 0) is 6.54 Å². The van der Waals surface area contributed by atoms with Crippen molar-refractivity contribution in [2.75, 3.05) is 19.0 Å². The molecule has 1 amide bonds. The number of thiazole rings is 1. The molecule has 0 spiro atoms. The summed E-state index contributed by atoms with van der Waals surface area (Å²) in [5.74, 6) is 1.10. The van der Waals surface area contributed by atoms with Crippen LogP contribution in [0.15, 0.2) is 54.2 Å². The number of anilines is 1. The molecule has 0 fully saturated rings. The molecule has 39 heavy (non-hydrogen) atoms. The van der Waals surface area contributed by atoms with E-state index in [2.05, 4.69) is 41.5 Å². The van der Waals surface area contributed by atoms with E-state index >= 15 is 0 Å². The molecule has 212 valence electrons. The zero-order valence-electron chi connectivity index (χ0n) is 24.2. The predicted octanol–water partition coefficient (Wildman–Crippen LogP) is 8.73. The van der Waals surface area contributed by atoms with E-state index in [0.717, 1.165) is 24.2 Å². The smallest absolute Gasteiger partial charge is 0.255 e. The number of nitrogens with zero attached hydrogens (tertiary/aromatic N) is 1. The van der Waals surface area contributed by atoms with Crippen LogP contribution in [0, 0.1) is 6.92 Å². The second kappa shape index (κ2) is 17.7. The standard InChI is InChI=1S/C33H46N2O3S/c1-4-5-6-7-8-9-10-11-12-13-14-15-21-38-32-23-29(19-20-31(32)37-3)33(36)34-30-18-16-17-28(22-30)25-35-24-27(2)39-26-35/h16-20,22-24,26H,4-15,21,25H2,1-3H3/p+1. The van der Waals surface area contributed by atoms with Crippen LogP contribution >= 0.6 is 11.3 Å². The van der Waals surface area contributed by atoms with Gasteiger partial charge in [0.25, 0.3) is 5.91 Å². The summed E-state index contributed by atoms with van der Waals surface area (Å²) in [6, 6.07) is 13.3. The molecule has 0 saturated heterocycles. The Kier molecular flexibility index (Phi) is 13.9. The third-order valence-corrected chi connectivity index (χ3v) is 7.81. The molecule has 1 N–H and O–H groups in total. The summed E-state index contributed by atoms with van der Waals surface area (Å²) in [5.41, 5.74) is 4.57. The van der Waals surface area contributed by atoms with Gasteiger partial charge in [-0.2, -0.15) is 4.57 Å². The molecule has 5 nitrogen and oxygen atoms in total. The molecule has 0 aliphatic rings. The van der Waals surface area contributed by atoms with Crippen molar-refractivity contribution in [2.24, 2.45) is 0 Å². The first-order chi connectivity index (χ1) is 19.1. The van der Waals surface area contributed by atoms with Gasteiger partial charge in [-0.15, -0.1) is 0 Å². The first-order valence-electron chi connectivity index (χ1n) is 14.7. The fourth-order valence-electron chi connectivity index (χ4n) is 4.75. The lowest BCUT2D eigenvalue weighted by Gasteiger charge is -2.13. The van der Waals surface area contributed by atoms with E-state index in [1.165, 1.54) is 75.5 Å². The van der Waals surface area contributed by atoms with E-state index in [1.807, 2.05) is 18.2 Å². The largest absolute Gasteiger partial charge is 0.493 e. The normalized spacial score (nSPS) is 10.9. The summed E-state index contributed by atoms with van der Waals surface area (Å²) in [6.45, 7) is 5.77. The number of benzene rings is 2. The first-order valence-corrected chi connectivity index (χ1v) is 15.6. The Morgan fingerprint density at radius 1 is 0.872 bits per heavy atom. The molecule has 0 aliphatic heterocycles. The number of methoxy groups -OCH3 is 1. The van der Waals surface area contributed by atoms with Gasteiger partial charge in [0.1, 0.15) is 0 Å². The highest BCUT2D eigenvalue weighted by Gasteiger charge is 2.13. The van der Waals surface area contributed by atoms with Crippen molar-refractivity contribution >= 4 is 22.9 Å². The van der Waals surface area contributed by atoms with E-state index in [1.54, 1.807) is 36.6 Å².